The maximum atomic E-state index is 12.3. The normalized spacial score (nSPS) is 12.5. The quantitative estimate of drug-likeness (QED) is 0.454. The second kappa shape index (κ2) is 7.61. The topological polar surface area (TPSA) is 79.8 Å². The third kappa shape index (κ3) is 3.58. The van der Waals surface area contributed by atoms with Crippen LogP contribution in [-0.4, -0.2) is 29.6 Å². The molecule has 0 atom stereocenters. The van der Waals surface area contributed by atoms with Gasteiger partial charge in [0.25, 0.3) is 0 Å². The molecule has 0 radical (unpaired) electrons. The number of tetrazole rings is 1. The number of halogens is 2. The van der Waals surface area contributed by atoms with Gasteiger partial charge in [0.2, 0.25) is 5.88 Å². The first-order valence-electron chi connectivity index (χ1n) is 9.05. The minimum Gasteiger partial charge on any atom is -0.472 e. The van der Waals surface area contributed by atoms with E-state index in [4.69, 9.17) is 19.1 Å². The van der Waals surface area contributed by atoms with Crippen LogP contribution in [0.25, 0.3) is 11.4 Å². The van der Waals surface area contributed by atoms with Crippen molar-refractivity contribution in [2.45, 2.75) is 6.56 Å². The highest BCUT2D eigenvalue weighted by atomic mass is 79.9. The average molecular weight is 464 g/mol. The Hall–Kier alpha value is -2.91. The lowest BCUT2D eigenvalue weighted by Gasteiger charge is -2.10. The van der Waals surface area contributed by atoms with Crippen LogP contribution in [0.3, 0.4) is 0 Å². The number of benzene rings is 2. The van der Waals surface area contributed by atoms with Crippen molar-refractivity contribution in [1.29, 1.82) is 0 Å². The van der Waals surface area contributed by atoms with E-state index in [1.807, 2.05) is 0 Å². The molecule has 0 saturated carbocycles. The van der Waals surface area contributed by atoms with E-state index >= 15 is 0 Å². The molecule has 0 aliphatic heterocycles. The Morgan fingerprint density at radius 2 is 1.96 bits per heavy atom. The minimum absolute atomic E-state index is 0.0585. The zero-order valence-electron chi connectivity index (χ0n) is 16.5. The van der Waals surface area contributed by atoms with E-state index in [1.165, 1.54) is 17.8 Å². The van der Waals surface area contributed by atoms with Crippen LogP contribution in [0.4, 0.5) is 0 Å². The van der Waals surface area contributed by atoms with Gasteiger partial charge in [-0.1, -0.05) is 33.6 Å². The smallest absolute Gasteiger partial charge is 0.368 e. The summed E-state index contributed by atoms with van der Waals surface area (Å²) in [6, 6.07) is 13.4. The maximum Gasteiger partial charge on any atom is 0.368 e. The van der Waals surface area contributed by atoms with E-state index < -0.39 is 12.2 Å². The molecule has 2 aromatic carbocycles. The second-order valence-corrected chi connectivity index (χ2v) is 7.00. The Morgan fingerprint density at radius 1 is 1.18 bits per heavy atom. The fourth-order valence-electron chi connectivity index (χ4n) is 2.46. The molecule has 0 N–H and O–H groups in total. The maximum absolute atomic E-state index is 12.3. The van der Waals surface area contributed by atoms with Crippen LogP contribution in [-0.2, 0) is 13.6 Å². The minimum atomic E-state index is -2.34. The fraction of sp³-hybridized carbons (Fsp3) is 0.111. The van der Waals surface area contributed by atoms with Crippen molar-refractivity contribution in [2.24, 2.45) is 7.05 Å². The van der Waals surface area contributed by atoms with Crippen LogP contribution in [0.5, 0.6) is 5.88 Å². The molecule has 0 aliphatic rings. The lowest BCUT2D eigenvalue weighted by molar-refractivity contribution is 0.290. The van der Waals surface area contributed by atoms with Gasteiger partial charge in [-0.25, -0.2) is 9.48 Å². The number of rotatable bonds is 5. The van der Waals surface area contributed by atoms with E-state index in [9.17, 15) is 4.79 Å². The predicted molar refractivity (Wildman–Crippen MR) is 107 cm³/mol. The zero-order chi connectivity index (χ0) is 21.5. The summed E-state index contributed by atoms with van der Waals surface area (Å²) in [6.07, 6.45) is 1.64. The highest BCUT2D eigenvalue weighted by Gasteiger charge is 2.15. The summed E-state index contributed by atoms with van der Waals surface area (Å²) in [4.78, 5) is 12.3. The lowest BCUT2D eigenvalue weighted by Crippen LogP contribution is -2.23. The summed E-state index contributed by atoms with van der Waals surface area (Å²) in [6.45, 7) is -2.34. The van der Waals surface area contributed by atoms with Crippen molar-refractivity contribution in [3.63, 3.8) is 0 Å². The van der Waals surface area contributed by atoms with E-state index in [0.717, 1.165) is 15.1 Å². The van der Waals surface area contributed by atoms with Gasteiger partial charge in [0.05, 0.1) is 14.1 Å². The first-order valence-corrected chi connectivity index (χ1v) is 9.22. The Morgan fingerprint density at radius 3 is 2.68 bits per heavy atom. The van der Waals surface area contributed by atoms with Crippen LogP contribution in [0, 0.1) is 0 Å². The molecule has 8 nitrogen and oxygen atoms in total. The number of aromatic nitrogens is 6. The van der Waals surface area contributed by atoms with Gasteiger partial charge in [-0.2, -0.15) is 9.36 Å². The molecule has 142 valence electrons. The van der Waals surface area contributed by atoms with Gasteiger partial charge in [-0.05, 0) is 46.8 Å². The number of nitrogens with zero attached hydrogens (tertiary/aromatic N) is 6. The number of hydrogen-bond donors (Lipinski definition) is 0. The van der Waals surface area contributed by atoms with E-state index in [2.05, 4.69) is 31.5 Å². The molecule has 0 aliphatic carbocycles. The third-order valence-corrected chi connectivity index (χ3v) is 4.77. The van der Waals surface area contributed by atoms with Gasteiger partial charge in [0, 0.05) is 34.4 Å². The molecule has 2 heterocycles. The molecule has 0 unspecified atom stereocenters. The number of aryl methyl sites for hydroxylation is 1. The fourth-order valence-corrected chi connectivity index (χ4v) is 3.02. The SMILES string of the molecule is [2H]C([2H])(Oc1ccn(-c2ccc(Cl)cc2)n1)c1c(Br)cccc1-n1nnn(C)c1=O. The highest BCUT2D eigenvalue weighted by Crippen LogP contribution is 2.24. The summed E-state index contributed by atoms with van der Waals surface area (Å²) < 4.78 is 26.6. The van der Waals surface area contributed by atoms with E-state index in [-0.39, 0.29) is 17.1 Å². The van der Waals surface area contributed by atoms with Gasteiger partial charge in [-0.15, -0.1) is 5.10 Å². The van der Waals surface area contributed by atoms with Crippen LogP contribution in [0.2, 0.25) is 5.02 Å². The zero-order valence-corrected chi connectivity index (χ0v) is 16.8. The standard InChI is InChI=1S/C18H14BrClN6O2/c1-24-18(27)26(23-22-24)16-4-2-3-15(19)14(16)11-28-17-9-10-25(21-17)13-7-5-12(20)6-8-13/h2-10H,11H2,1H3/i11D2. The molecular formula is C18H14BrClN6O2. The molecule has 28 heavy (non-hydrogen) atoms. The van der Waals surface area contributed by atoms with Gasteiger partial charge in [-0.3, -0.25) is 0 Å². The Bertz CT molecular complexity index is 1270. The Balaban J connectivity index is 1.71. The van der Waals surface area contributed by atoms with Crippen LogP contribution >= 0.6 is 27.5 Å². The molecule has 0 amide bonds. The van der Waals surface area contributed by atoms with Crippen molar-refractivity contribution in [1.82, 2.24) is 29.6 Å². The van der Waals surface area contributed by atoms with Gasteiger partial charge in [0.15, 0.2) is 0 Å². The molecule has 4 aromatic rings. The largest absolute Gasteiger partial charge is 0.472 e. The van der Waals surface area contributed by atoms with Crippen LogP contribution < -0.4 is 10.4 Å². The molecular weight excluding hydrogens is 448 g/mol. The van der Waals surface area contributed by atoms with E-state index in [0.29, 0.717) is 9.50 Å². The highest BCUT2D eigenvalue weighted by molar-refractivity contribution is 9.10. The summed E-state index contributed by atoms with van der Waals surface area (Å²) in [7, 11) is 1.46. The lowest BCUT2D eigenvalue weighted by atomic mass is 10.2. The molecule has 10 heteroatoms. The van der Waals surface area contributed by atoms with Crippen molar-refractivity contribution in [3.05, 3.63) is 80.3 Å². The van der Waals surface area contributed by atoms with Crippen molar-refractivity contribution in [2.75, 3.05) is 0 Å². The van der Waals surface area contributed by atoms with E-state index in [1.54, 1.807) is 48.7 Å². The summed E-state index contributed by atoms with van der Waals surface area (Å²) in [5, 5.41) is 12.4. The second-order valence-electron chi connectivity index (χ2n) is 5.71. The Kier molecular flexibility index (Phi) is 4.37. The average Bonchev–Trinajstić information content (AvgIpc) is 3.28. The monoisotopic (exact) mass is 462 g/mol. The molecule has 2 aromatic heterocycles. The number of ether oxygens (including phenoxy) is 1. The van der Waals surface area contributed by atoms with Crippen molar-refractivity contribution >= 4 is 27.5 Å². The summed E-state index contributed by atoms with van der Waals surface area (Å²) >= 11 is 9.25. The van der Waals surface area contributed by atoms with Crippen LogP contribution in [0.1, 0.15) is 8.30 Å². The first-order chi connectivity index (χ1) is 14.3. The first kappa shape index (κ1) is 16.1. The molecule has 0 saturated heterocycles. The van der Waals surface area contributed by atoms with Crippen LogP contribution in [0.15, 0.2) is 64.0 Å². The van der Waals surface area contributed by atoms with Gasteiger partial charge < -0.3 is 4.74 Å². The van der Waals surface area contributed by atoms with Crippen molar-refractivity contribution < 1.29 is 7.48 Å². The molecule has 0 spiro atoms. The molecule has 4 rings (SSSR count). The molecule has 0 fully saturated rings. The number of hydrogen-bond acceptors (Lipinski definition) is 5. The molecule has 0 bridgehead atoms. The Labute approximate surface area is 175 Å². The predicted octanol–water partition coefficient (Wildman–Crippen LogP) is 3.15. The van der Waals surface area contributed by atoms with Gasteiger partial charge >= 0.3 is 5.69 Å². The van der Waals surface area contributed by atoms with Gasteiger partial charge in [0.1, 0.15) is 6.56 Å². The summed E-state index contributed by atoms with van der Waals surface area (Å²) in [5.74, 6) is 0.0585. The third-order valence-electron chi connectivity index (χ3n) is 3.85. The summed E-state index contributed by atoms with van der Waals surface area (Å²) in [5.41, 5.74) is 0.498. The van der Waals surface area contributed by atoms with Crippen molar-refractivity contribution in [3.8, 4) is 17.3 Å².